The Morgan fingerprint density at radius 2 is 2.09 bits per heavy atom. The van der Waals surface area contributed by atoms with Crippen molar-refractivity contribution in [1.29, 1.82) is 5.26 Å². The molecule has 0 aromatic carbocycles. The molecule has 9 heteroatoms. The number of pyridine rings is 1. The summed E-state index contributed by atoms with van der Waals surface area (Å²) >= 11 is 1.35. The molecular weight excluding hydrogens is 461 g/mol. The van der Waals surface area contributed by atoms with E-state index >= 15 is 0 Å². The summed E-state index contributed by atoms with van der Waals surface area (Å²) in [7, 11) is 0. The van der Waals surface area contributed by atoms with E-state index in [0.717, 1.165) is 48.5 Å². The summed E-state index contributed by atoms with van der Waals surface area (Å²) in [6.07, 6.45) is 13.9. The number of nitrogens with one attached hydrogen (secondary N) is 1. The van der Waals surface area contributed by atoms with Gasteiger partial charge in [-0.15, -0.1) is 0 Å². The molecule has 1 aliphatic carbocycles. The molecule has 2 aliphatic heterocycles. The fourth-order valence-corrected chi connectivity index (χ4v) is 7.22. The van der Waals surface area contributed by atoms with Crippen molar-refractivity contribution in [2.24, 2.45) is 5.41 Å². The van der Waals surface area contributed by atoms with Gasteiger partial charge < -0.3 is 5.32 Å². The van der Waals surface area contributed by atoms with Gasteiger partial charge in [0.25, 0.3) is 0 Å². The largest absolute Gasteiger partial charge is 0.316 e. The van der Waals surface area contributed by atoms with Gasteiger partial charge in [0.05, 0.1) is 34.9 Å². The number of nitriles is 1. The molecule has 6 rings (SSSR count). The van der Waals surface area contributed by atoms with Crippen LogP contribution in [-0.2, 0) is 0 Å². The van der Waals surface area contributed by atoms with Crippen molar-refractivity contribution >= 4 is 23.5 Å². The third kappa shape index (κ3) is 3.99. The van der Waals surface area contributed by atoms with Crippen molar-refractivity contribution in [2.45, 2.75) is 61.8 Å². The Morgan fingerprint density at radius 1 is 1.23 bits per heavy atom. The topological polar surface area (TPSA) is 84.3 Å². The van der Waals surface area contributed by atoms with Gasteiger partial charge in [-0.2, -0.15) is 15.5 Å². The molecule has 5 heterocycles. The zero-order valence-electron chi connectivity index (χ0n) is 19.7. The highest BCUT2D eigenvalue weighted by atomic mass is 32.2. The second kappa shape index (κ2) is 8.92. The molecule has 35 heavy (non-hydrogen) atoms. The summed E-state index contributed by atoms with van der Waals surface area (Å²) in [5, 5.41) is 22.6. The van der Waals surface area contributed by atoms with Crippen LogP contribution in [0.25, 0.3) is 11.8 Å². The molecule has 3 aromatic rings. The number of hydrogen-bond donors (Lipinski definition) is 1. The average molecular weight is 490 g/mol. The van der Waals surface area contributed by atoms with E-state index in [2.05, 4.69) is 33.1 Å². The van der Waals surface area contributed by atoms with Gasteiger partial charge in [0, 0.05) is 30.2 Å². The fraction of sp³-hybridized carbons (Fsp3) is 0.462. The highest BCUT2D eigenvalue weighted by molar-refractivity contribution is 7.99. The number of fused-ring (bicyclic) bond motifs is 1. The molecule has 3 aromatic heterocycles. The lowest BCUT2D eigenvalue weighted by molar-refractivity contribution is 0.165. The summed E-state index contributed by atoms with van der Waals surface area (Å²) in [6, 6.07) is 5.67. The van der Waals surface area contributed by atoms with Crippen LogP contribution in [0.5, 0.6) is 0 Å². The molecule has 1 N–H and O–H groups in total. The molecule has 1 spiro atoms. The molecule has 0 radical (unpaired) electrons. The Balaban J connectivity index is 1.29. The standard InChI is InChI=1S/C26H28FN7S/c1-17-21(14-32-34(17)20-4-6-26(7-5-20)8-10-29-16-26)18-11-23(35-25-22(27)3-2-9-30-25)24-19(12-28)13-31-33(24)15-18/h2-3,9,13-15,20,23,29H,4-8,10-11,16H2,1H3/t20-,23?,26+. The minimum absolute atomic E-state index is 0.177. The van der Waals surface area contributed by atoms with E-state index in [9.17, 15) is 9.65 Å². The van der Waals surface area contributed by atoms with Crippen molar-refractivity contribution in [1.82, 2.24) is 29.9 Å². The van der Waals surface area contributed by atoms with Crippen molar-refractivity contribution in [3.8, 4) is 6.07 Å². The van der Waals surface area contributed by atoms with Gasteiger partial charge in [-0.05, 0) is 75.1 Å². The van der Waals surface area contributed by atoms with E-state index < -0.39 is 0 Å². The number of halogens is 1. The van der Waals surface area contributed by atoms with Crippen LogP contribution in [0.2, 0.25) is 0 Å². The van der Waals surface area contributed by atoms with Gasteiger partial charge in [-0.25, -0.2) is 14.1 Å². The fourth-order valence-electron chi connectivity index (χ4n) is 6.04. The van der Waals surface area contributed by atoms with Gasteiger partial charge in [0.1, 0.15) is 11.1 Å². The second-order valence-electron chi connectivity index (χ2n) is 10.0. The first-order chi connectivity index (χ1) is 17.1. The van der Waals surface area contributed by atoms with Gasteiger partial charge in [0.15, 0.2) is 5.82 Å². The van der Waals surface area contributed by atoms with Crippen molar-refractivity contribution in [2.75, 3.05) is 13.1 Å². The monoisotopic (exact) mass is 489 g/mol. The van der Waals surface area contributed by atoms with Crippen molar-refractivity contribution < 1.29 is 4.39 Å². The summed E-state index contributed by atoms with van der Waals surface area (Å²) in [6.45, 7) is 4.45. The predicted octanol–water partition coefficient (Wildman–Crippen LogP) is 5.12. The van der Waals surface area contributed by atoms with Crippen LogP contribution < -0.4 is 5.32 Å². The first-order valence-electron chi connectivity index (χ1n) is 12.3. The number of thioether (sulfide) groups is 1. The number of rotatable bonds is 4. The van der Waals surface area contributed by atoms with Crippen LogP contribution in [0, 0.1) is 29.5 Å². The maximum atomic E-state index is 14.4. The van der Waals surface area contributed by atoms with Crippen molar-refractivity contribution in [3.05, 3.63) is 59.1 Å². The minimum Gasteiger partial charge on any atom is -0.316 e. The molecule has 2 fully saturated rings. The Morgan fingerprint density at radius 3 is 2.83 bits per heavy atom. The molecule has 1 saturated carbocycles. The van der Waals surface area contributed by atoms with E-state index in [1.54, 1.807) is 23.1 Å². The smallest absolute Gasteiger partial charge is 0.155 e. The van der Waals surface area contributed by atoms with E-state index in [-0.39, 0.29) is 11.1 Å². The van der Waals surface area contributed by atoms with Crippen LogP contribution in [-0.4, -0.2) is 37.6 Å². The van der Waals surface area contributed by atoms with Crippen LogP contribution in [0.15, 0.2) is 35.7 Å². The third-order valence-corrected chi connectivity index (χ3v) is 9.20. The van der Waals surface area contributed by atoms with Gasteiger partial charge in [-0.3, -0.25) is 4.68 Å². The summed E-state index contributed by atoms with van der Waals surface area (Å²) in [5.74, 6) is -0.352. The summed E-state index contributed by atoms with van der Waals surface area (Å²) < 4.78 is 18.4. The Hall–Kier alpha value is -2.96. The SMILES string of the molecule is Cc1c(C2=Cn3ncc(C#N)c3C(Sc3ncccc3F)C2)cnn1[C@H]1CC[C@]2(CCNC2)CC1. The quantitative estimate of drug-likeness (QED) is 0.547. The number of hydrogen-bond acceptors (Lipinski definition) is 6. The van der Waals surface area contributed by atoms with E-state index in [1.807, 2.05) is 12.4 Å². The van der Waals surface area contributed by atoms with E-state index in [1.165, 1.54) is 37.1 Å². The van der Waals surface area contributed by atoms with Crippen molar-refractivity contribution in [3.63, 3.8) is 0 Å². The van der Waals surface area contributed by atoms with Crippen LogP contribution >= 0.6 is 11.8 Å². The van der Waals surface area contributed by atoms with E-state index in [0.29, 0.717) is 28.5 Å². The number of aromatic nitrogens is 5. The molecular formula is C26H28FN7S. The number of nitrogens with zero attached hydrogens (tertiary/aromatic N) is 6. The molecule has 0 amide bonds. The molecule has 1 atom stereocenters. The predicted molar refractivity (Wildman–Crippen MR) is 133 cm³/mol. The Labute approximate surface area is 208 Å². The van der Waals surface area contributed by atoms with Crippen LogP contribution in [0.3, 0.4) is 0 Å². The average Bonchev–Trinajstić information content (AvgIpc) is 3.60. The molecule has 180 valence electrons. The minimum atomic E-state index is -0.352. The molecule has 1 unspecified atom stereocenters. The molecule has 0 bridgehead atoms. The Kier molecular flexibility index (Phi) is 5.73. The lowest BCUT2D eigenvalue weighted by Crippen LogP contribution is -2.31. The van der Waals surface area contributed by atoms with Crippen LogP contribution in [0.1, 0.15) is 72.3 Å². The lowest BCUT2D eigenvalue weighted by Gasteiger charge is -2.37. The normalized spacial score (nSPS) is 25.9. The lowest BCUT2D eigenvalue weighted by atomic mass is 9.72. The third-order valence-electron chi connectivity index (χ3n) is 8.01. The first kappa shape index (κ1) is 22.5. The zero-order chi connectivity index (χ0) is 24.0. The maximum absolute atomic E-state index is 14.4. The number of allylic oxidation sites excluding steroid dienone is 1. The summed E-state index contributed by atoms with van der Waals surface area (Å²) in [4.78, 5) is 4.23. The van der Waals surface area contributed by atoms with E-state index in [4.69, 9.17) is 5.10 Å². The molecule has 1 saturated heterocycles. The molecule has 7 nitrogen and oxygen atoms in total. The first-order valence-corrected chi connectivity index (χ1v) is 13.2. The second-order valence-corrected chi connectivity index (χ2v) is 11.2. The zero-order valence-corrected chi connectivity index (χ0v) is 20.6. The highest BCUT2D eigenvalue weighted by Crippen LogP contribution is 2.48. The van der Waals surface area contributed by atoms with Gasteiger partial charge >= 0.3 is 0 Å². The Bertz CT molecular complexity index is 1320. The maximum Gasteiger partial charge on any atom is 0.155 e. The van der Waals surface area contributed by atoms with Gasteiger partial charge in [-0.1, -0.05) is 11.8 Å². The van der Waals surface area contributed by atoms with Gasteiger partial charge in [0.2, 0.25) is 0 Å². The van der Waals surface area contributed by atoms with Crippen LogP contribution in [0.4, 0.5) is 4.39 Å². The summed E-state index contributed by atoms with van der Waals surface area (Å²) in [5.41, 5.74) is 5.14. The highest BCUT2D eigenvalue weighted by Gasteiger charge is 2.39. The molecule has 3 aliphatic rings.